The van der Waals surface area contributed by atoms with Crippen LogP contribution < -0.4 is 10.5 Å². The zero-order valence-electron chi connectivity index (χ0n) is 11.5. The first kappa shape index (κ1) is 14.5. The molecule has 0 aromatic heterocycles. The summed E-state index contributed by atoms with van der Waals surface area (Å²) in [6, 6.07) is 8.63. The van der Waals surface area contributed by atoms with Crippen molar-refractivity contribution in [3.8, 4) is 5.75 Å². The van der Waals surface area contributed by atoms with Gasteiger partial charge in [-0.2, -0.15) is 0 Å². The summed E-state index contributed by atoms with van der Waals surface area (Å²) in [6.45, 7) is 4.05. The maximum absolute atomic E-state index is 13.4. The van der Waals surface area contributed by atoms with Crippen molar-refractivity contribution in [2.45, 2.75) is 19.9 Å². The van der Waals surface area contributed by atoms with E-state index in [4.69, 9.17) is 10.5 Å². The first-order valence-electron chi connectivity index (χ1n) is 6.38. The van der Waals surface area contributed by atoms with Crippen LogP contribution >= 0.6 is 0 Å². The molecule has 0 amide bonds. The molecule has 0 aliphatic rings. The number of benzene rings is 2. The van der Waals surface area contributed by atoms with E-state index in [1.807, 2.05) is 32.0 Å². The summed E-state index contributed by atoms with van der Waals surface area (Å²) in [4.78, 5) is 0. The highest BCUT2D eigenvalue weighted by Crippen LogP contribution is 2.21. The first-order chi connectivity index (χ1) is 9.47. The Bertz CT molecular complexity index is 613. The number of ether oxygens (including phenoxy) is 1. The molecule has 2 nitrogen and oxygen atoms in total. The summed E-state index contributed by atoms with van der Waals surface area (Å²) in [7, 11) is 0. The molecular formula is C16H17F2NO. The van der Waals surface area contributed by atoms with Crippen molar-refractivity contribution < 1.29 is 13.5 Å². The van der Waals surface area contributed by atoms with E-state index < -0.39 is 17.7 Å². The smallest absolute Gasteiger partial charge is 0.165 e. The molecule has 20 heavy (non-hydrogen) atoms. The summed E-state index contributed by atoms with van der Waals surface area (Å²) in [5, 5.41) is 0. The lowest BCUT2D eigenvalue weighted by Gasteiger charge is -2.16. The Labute approximate surface area is 117 Å². The van der Waals surface area contributed by atoms with E-state index in [0.717, 1.165) is 34.9 Å². The number of aryl methyl sites for hydroxylation is 2. The maximum Gasteiger partial charge on any atom is 0.165 e. The third kappa shape index (κ3) is 3.33. The van der Waals surface area contributed by atoms with Crippen molar-refractivity contribution >= 4 is 0 Å². The fraction of sp³-hybridized carbons (Fsp3) is 0.250. The lowest BCUT2D eigenvalue weighted by Crippen LogP contribution is -2.20. The monoisotopic (exact) mass is 277 g/mol. The summed E-state index contributed by atoms with van der Waals surface area (Å²) in [5.74, 6) is -1.26. The zero-order chi connectivity index (χ0) is 14.7. The summed E-state index contributed by atoms with van der Waals surface area (Å²) in [6.07, 6.45) is 0. The molecule has 1 atom stereocenters. The molecule has 0 saturated heterocycles. The molecule has 0 radical (unpaired) electrons. The highest BCUT2D eigenvalue weighted by atomic mass is 19.1. The molecule has 106 valence electrons. The van der Waals surface area contributed by atoms with E-state index in [9.17, 15) is 8.78 Å². The van der Waals surface area contributed by atoms with Crippen LogP contribution in [-0.2, 0) is 0 Å². The van der Waals surface area contributed by atoms with E-state index in [-0.39, 0.29) is 12.4 Å². The lowest BCUT2D eigenvalue weighted by molar-refractivity contribution is 0.275. The van der Waals surface area contributed by atoms with Gasteiger partial charge in [0.1, 0.15) is 12.4 Å². The summed E-state index contributed by atoms with van der Waals surface area (Å²) in [5.41, 5.74) is 9.18. The normalized spacial score (nSPS) is 12.2. The molecule has 0 fully saturated rings. The van der Waals surface area contributed by atoms with Gasteiger partial charge in [-0.1, -0.05) is 23.8 Å². The van der Waals surface area contributed by atoms with Crippen molar-refractivity contribution in [2.75, 3.05) is 6.61 Å². The lowest BCUT2D eigenvalue weighted by atomic mass is 10.0. The van der Waals surface area contributed by atoms with Crippen molar-refractivity contribution in [3.63, 3.8) is 0 Å². The van der Waals surface area contributed by atoms with E-state index >= 15 is 0 Å². The Morgan fingerprint density at radius 3 is 2.55 bits per heavy atom. The van der Waals surface area contributed by atoms with Crippen molar-refractivity contribution in [1.29, 1.82) is 0 Å². The van der Waals surface area contributed by atoms with Gasteiger partial charge in [0, 0.05) is 6.07 Å². The van der Waals surface area contributed by atoms with Crippen LogP contribution in [0.2, 0.25) is 0 Å². The molecule has 2 aromatic carbocycles. The van der Waals surface area contributed by atoms with Crippen molar-refractivity contribution in [3.05, 3.63) is 64.7 Å². The number of nitrogens with two attached hydrogens (primary N) is 1. The molecule has 0 saturated carbocycles. The second-order valence-electron chi connectivity index (χ2n) is 4.85. The van der Waals surface area contributed by atoms with Crippen LogP contribution in [0.5, 0.6) is 5.75 Å². The van der Waals surface area contributed by atoms with E-state index in [1.165, 1.54) is 0 Å². The summed E-state index contributed by atoms with van der Waals surface area (Å²) >= 11 is 0. The quantitative estimate of drug-likeness (QED) is 0.925. The van der Waals surface area contributed by atoms with Crippen LogP contribution in [0.4, 0.5) is 8.78 Å². The predicted octanol–water partition coefficient (Wildman–Crippen LogP) is 3.66. The standard InChI is InChI=1S/C16H17F2NO/c1-10-3-5-13(11(2)7-10)15(19)9-20-16-8-12(17)4-6-14(16)18/h3-8,15H,9,19H2,1-2H3. The second-order valence-corrected chi connectivity index (χ2v) is 4.85. The van der Waals surface area contributed by atoms with Gasteiger partial charge in [-0.25, -0.2) is 8.78 Å². The molecule has 0 spiro atoms. The minimum atomic E-state index is -0.598. The SMILES string of the molecule is Cc1ccc(C(N)COc2cc(F)ccc2F)c(C)c1. The average molecular weight is 277 g/mol. The van der Waals surface area contributed by atoms with E-state index in [0.29, 0.717) is 0 Å². The number of hydrogen-bond acceptors (Lipinski definition) is 2. The Balaban J connectivity index is 2.08. The maximum atomic E-state index is 13.4. The Morgan fingerprint density at radius 2 is 1.85 bits per heavy atom. The first-order valence-corrected chi connectivity index (χ1v) is 6.38. The molecule has 2 aromatic rings. The van der Waals surface area contributed by atoms with Gasteiger partial charge in [0.15, 0.2) is 11.6 Å². The van der Waals surface area contributed by atoms with Crippen LogP contribution in [0.3, 0.4) is 0 Å². The largest absolute Gasteiger partial charge is 0.488 e. The fourth-order valence-electron chi connectivity index (χ4n) is 2.10. The van der Waals surface area contributed by atoms with Crippen LogP contribution in [-0.4, -0.2) is 6.61 Å². The minimum absolute atomic E-state index is 0.0876. The molecule has 0 bridgehead atoms. The van der Waals surface area contributed by atoms with Crippen molar-refractivity contribution in [1.82, 2.24) is 0 Å². The van der Waals surface area contributed by atoms with Crippen molar-refractivity contribution in [2.24, 2.45) is 5.73 Å². The van der Waals surface area contributed by atoms with Crippen LogP contribution in [0.1, 0.15) is 22.7 Å². The third-order valence-electron chi connectivity index (χ3n) is 3.14. The minimum Gasteiger partial charge on any atom is -0.488 e. The summed E-state index contributed by atoms with van der Waals surface area (Å²) < 4.78 is 31.7. The van der Waals surface area contributed by atoms with Gasteiger partial charge < -0.3 is 10.5 Å². The van der Waals surface area contributed by atoms with Gasteiger partial charge in [0.25, 0.3) is 0 Å². The molecule has 1 unspecified atom stereocenters. The number of hydrogen-bond donors (Lipinski definition) is 1. The average Bonchev–Trinajstić information content (AvgIpc) is 2.39. The molecule has 0 aliphatic heterocycles. The van der Waals surface area contributed by atoms with Crippen LogP contribution in [0.15, 0.2) is 36.4 Å². The Kier molecular flexibility index (Phi) is 4.35. The molecule has 2 rings (SSSR count). The second kappa shape index (κ2) is 6.01. The highest BCUT2D eigenvalue weighted by Gasteiger charge is 2.12. The van der Waals surface area contributed by atoms with Gasteiger partial charge in [0.05, 0.1) is 6.04 Å². The van der Waals surface area contributed by atoms with Gasteiger partial charge >= 0.3 is 0 Å². The fourth-order valence-corrected chi connectivity index (χ4v) is 2.10. The Hall–Kier alpha value is -1.94. The van der Waals surface area contributed by atoms with E-state index in [1.54, 1.807) is 0 Å². The molecule has 2 N–H and O–H groups in total. The molecular weight excluding hydrogens is 260 g/mol. The number of rotatable bonds is 4. The molecule has 4 heteroatoms. The number of halogens is 2. The highest BCUT2D eigenvalue weighted by molar-refractivity contribution is 5.33. The molecule has 0 aliphatic carbocycles. The molecule has 0 heterocycles. The van der Waals surface area contributed by atoms with Gasteiger partial charge in [-0.3, -0.25) is 0 Å². The topological polar surface area (TPSA) is 35.2 Å². The Morgan fingerprint density at radius 1 is 1.10 bits per heavy atom. The van der Waals surface area contributed by atoms with Crippen LogP contribution in [0, 0.1) is 25.5 Å². The van der Waals surface area contributed by atoms with Gasteiger partial charge in [-0.15, -0.1) is 0 Å². The van der Waals surface area contributed by atoms with Crippen LogP contribution in [0.25, 0.3) is 0 Å². The zero-order valence-corrected chi connectivity index (χ0v) is 11.5. The van der Waals surface area contributed by atoms with Gasteiger partial charge in [-0.05, 0) is 37.1 Å². The predicted molar refractivity (Wildman–Crippen MR) is 74.7 cm³/mol. The van der Waals surface area contributed by atoms with Gasteiger partial charge in [0.2, 0.25) is 0 Å². The third-order valence-corrected chi connectivity index (χ3v) is 3.14. The van der Waals surface area contributed by atoms with E-state index in [2.05, 4.69) is 0 Å².